The number of hydrogen-bond donors (Lipinski definition) is 0. The Morgan fingerprint density at radius 1 is 0.974 bits per heavy atom. The van der Waals surface area contributed by atoms with Crippen LogP contribution in [-0.2, 0) is 22.3 Å². The third kappa shape index (κ3) is 7.84. The molecule has 1 saturated carbocycles. The van der Waals surface area contributed by atoms with Crippen molar-refractivity contribution in [3.05, 3.63) is 41.5 Å². The molecule has 212 valence electrons. The van der Waals surface area contributed by atoms with Gasteiger partial charge in [0.25, 0.3) is 0 Å². The molecule has 1 aliphatic heterocycles. The Bertz CT molecular complexity index is 1050. The van der Waals surface area contributed by atoms with Crippen molar-refractivity contribution >= 4 is 16.7 Å². The fourth-order valence-electron chi connectivity index (χ4n) is 5.66. The van der Waals surface area contributed by atoms with Crippen LogP contribution < -0.4 is 4.94 Å². The molecule has 2 aromatic rings. The fraction of sp³-hybridized carbons (Fsp3) is 0.633. The number of alkyl halides is 3. The Morgan fingerprint density at radius 2 is 1.58 bits per heavy atom. The van der Waals surface area contributed by atoms with Gasteiger partial charge >= 0.3 is 12.1 Å². The van der Waals surface area contributed by atoms with Gasteiger partial charge in [0.15, 0.2) is 5.75 Å². The maximum absolute atomic E-state index is 13.4. The van der Waals surface area contributed by atoms with Gasteiger partial charge in [-0.3, -0.25) is 14.6 Å². The average Bonchev–Trinajstić information content (AvgIpc) is 2.89. The molecule has 4 nitrogen and oxygen atoms in total. The molecular formula is C30H41F4NO3. The summed E-state index contributed by atoms with van der Waals surface area (Å²) in [5.74, 6) is 0.159. The number of hydrogen-bond acceptors (Lipinski definition) is 4. The van der Waals surface area contributed by atoms with E-state index in [0.717, 1.165) is 5.92 Å². The van der Waals surface area contributed by atoms with E-state index in [4.69, 9.17) is 4.74 Å². The van der Waals surface area contributed by atoms with Crippen LogP contribution in [0.4, 0.5) is 17.7 Å². The first-order valence-electron chi connectivity index (χ1n) is 13.7. The number of piperidine rings is 1. The minimum absolute atomic E-state index is 0.00668. The maximum atomic E-state index is 13.4. The summed E-state index contributed by atoms with van der Waals surface area (Å²) in [7, 11) is 0. The third-order valence-corrected chi connectivity index (χ3v) is 7.92. The molecule has 4 rings (SSSR count). The summed E-state index contributed by atoms with van der Waals surface area (Å²) >= 11 is 0. The van der Waals surface area contributed by atoms with Gasteiger partial charge in [-0.15, -0.1) is 0 Å². The van der Waals surface area contributed by atoms with E-state index in [1.807, 2.05) is 4.90 Å². The monoisotopic (exact) mass is 539 g/mol. The van der Waals surface area contributed by atoms with E-state index >= 15 is 0 Å². The van der Waals surface area contributed by atoms with E-state index in [9.17, 15) is 22.5 Å². The number of fused-ring (bicyclic) bond motifs is 1. The van der Waals surface area contributed by atoms with Gasteiger partial charge in [-0.2, -0.15) is 13.2 Å². The van der Waals surface area contributed by atoms with Crippen LogP contribution in [0.3, 0.4) is 0 Å². The Kier molecular flexibility index (Phi) is 10.4. The molecule has 1 saturated heterocycles. The van der Waals surface area contributed by atoms with E-state index in [1.54, 1.807) is 13.0 Å². The van der Waals surface area contributed by atoms with Crippen LogP contribution in [0, 0.1) is 17.3 Å². The molecule has 0 N–H and O–H groups in total. The molecule has 0 spiro atoms. The molecule has 0 bridgehead atoms. The van der Waals surface area contributed by atoms with Crippen molar-refractivity contribution in [2.45, 2.75) is 85.4 Å². The van der Waals surface area contributed by atoms with Crippen LogP contribution in [0.15, 0.2) is 30.3 Å². The van der Waals surface area contributed by atoms with E-state index in [0.29, 0.717) is 55.0 Å². The number of carbonyl (C=O) groups is 1. The van der Waals surface area contributed by atoms with Crippen molar-refractivity contribution in [2.75, 3.05) is 19.7 Å². The molecule has 8 heteroatoms. The normalized spacial score (nSPS) is 18.1. The number of rotatable bonds is 5. The van der Waals surface area contributed by atoms with Gasteiger partial charge in [-0.05, 0) is 73.9 Å². The Labute approximate surface area is 223 Å². The Hall–Kier alpha value is -2.35. The first-order valence-corrected chi connectivity index (χ1v) is 13.7. The van der Waals surface area contributed by atoms with E-state index in [2.05, 4.69) is 25.7 Å². The summed E-state index contributed by atoms with van der Waals surface area (Å²) < 4.78 is 58.3. The first-order chi connectivity index (χ1) is 18.0. The number of ether oxygens (including phenoxy) is 1. The second-order valence-corrected chi connectivity index (χ2v) is 11.5. The van der Waals surface area contributed by atoms with E-state index in [-0.39, 0.29) is 23.8 Å². The van der Waals surface area contributed by atoms with Crippen LogP contribution in [0.25, 0.3) is 10.8 Å². The standard InChI is InChI=1S/C20H21F4NO3.C10H20/c1-2-27-19(26)13-7-9-25(10-8-13)12-16-14-5-3-4-6-15(14)17(20(21,22)23)11-18(16)28-24;1-10(2,3)9-7-5-4-6-8-9/h3-6,11,13H,2,7-10,12H2,1H3;9H,4-8H2,1-3H3. The molecule has 0 unspecified atom stereocenters. The molecular weight excluding hydrogens is 498 g/mol. The lowest BCUT2D eigenvalue weighted by Crippen LogP contribution is -2.36. The molecule has 2 fully saturated rings. The van der Waals surface area contributed by atoms with Crippen molar-refractivity contribution in [1.82, 2.24) is 4.90 Å². The predicted octanol–water partition coefficient (Wildman–Crippen LogP) is 8.51. The van der Waals surface area contributed by atoms with Crippen LogP contribution in [0.5, 0.6) is 5.75 Å². The van der Waals surface area contributed by atoms with Gasteiger partial charge in [-0.25, -0.2) is 0 Å². The molecule has 0 atom stereocenters. The molecule has 2 aliphatic rings. The van der Waals surface area contributed by atoms with Crippen molar-refractivity contribution in [1.29, 1.82) is 0 Å². The second kappa shape index (κ2) is 13.1. The quantitative estimate of drug-likeness (QED) is 0.282. The van der Waals surface area contributed by atoms with Crippen LogP contribution in [0.2, 0.25) is 0 Å². The average molecular weight is 540 g/mol. The smallest absolute Gasteiger partial charge is 0.417 e. The van der Waals surface area contributed by atoms with E-state index in [1.165, 1.54) is 50.3 Å². The molecule has 0 radical (unpaired) electrons. The zero-order chi connectivity index (χ0) is 27.9. The minimum Gasteiger partial charge on any atom is -0.466 e. The summed E-state index contributed by atoms with van der Waals surface area (Å²) in [6.07, 6.45) is 3.93. The fourth-order valence-corrected chi connectivity index (χ4v) is 5.66. The van der Waals surface area contributed by atoms with Gasteiger partial charge < -0.3 is 4.74 Å². The number of nitrogens with zero attached hydrogens (tertiary/aromatic N) is 1. The van der Waals surface area contributed by atoms with Gasteiger partial charge in [0.2, 0.25) is 0 Å². The third-order valence-electron chi connectivity index (χ3n) is 7.92. The highest BCUT2D eigenvalue weighted by molar-refractivity contribution is 5.91. The van der Waals surface area contributed by atoms with Crippen molar-refractivity contribution in [3.63, 3.8) is 0 Å². The Morgan fingerprint density at radius 3 is 2.08 bits per heavy atom. The summed E-state index contributed by atoms with van der Waals surface area (Å²) in [4.78, 5) is 17.7. The molecule has 1 heterocycles. The Balaban J connectivity index is 0.000000336. The van der Waals surface area contributed by atoms with Crippen molar-refractivity contribution < 1.29 is 32.2 Å². The summed E-state index contributed by atoms with van der Waals surface area (Å²) in [5, 5.41) is 0.310. The summed E-state index contributed by atoms with van der Waals surface area (Å²) in [6, 6.07) is 6.75. The maximum Gasteiger partial charge on any atom is 0.417 e. The van der Waals surface area contributed by atoms with Crippen LogP contribution in [0.1, 0.15) is 83.8 Å². The lowest BCUT2D eigenvalue weighted by atomic mass is 9.72. The highest BCUT2D eigenvalue weighted by Crippen LogP contribution is 2.41. The largest absolute Gasteiger partial charge is 0.466 e. The highest BCUT2D eigenvalue weighted by Gasteiger charge is 2.35. The minimum atomic E-state index is -4.62. The van der Waals surface area contributed by atoms with Crippen LogP contribution >= 0.6 is 0 Å². The molecule has 2 aromatic carbocycles. The van der Waals surface area contributed by atoms with Crippen LogP contribution in [-0.4, -0.2) is 30.6 Å². The molecule has 1 aliphatic carbocycles. The van der Waals surface area contributed by atoms with E-state index < -0.39 is 17.5 Å². The van der Waals surface area contributed by atoms with Gasteiger partial charge in [0, 0.05) is 16.6 Å². The molecule has 0 aromatic heterocycles. The lowest BCUT2D eigenvalue weighted by Gasteiger charge is -2.33. The van der Waals surface area contributed by atoms with Gasteiger partial charge in [-0.1, -0.05) is 64.3 Å². The van der Waals surface area contributed by atoms with Crippen molar-refractivity contribution in [3.8, 4) is 5.75 Å². The lowest BCUT2D eigenvalue weighted by molar-refractivity contribution is -0.149. The number of carbonyl (C=O) groups excluding carboxylic acids is 1. The highest BCUT2D eigenvalue weighted by atomic mass is 19.4. The first kappa shape index (κ1) is 30.2. The van der Waals surface area contributed by atoms with Gasteiger partial charge in [0.05, 0.1) is 18.1 Å². The van der Waals surface area contributed by atoms with Gasteiger partial charge in [0.1, 0.15) is 0 Å². The zero-order valence-corrected chi connectivity index (χ0v) is 23.0. The zero-order valence-electron chi connectivity index (χ0n) is 23.0. The predicted molar refractivity (Wildman–Crippen MR) is 141 cm³/mol. The number of likely N-dealkylation sites (tertiary alicyclic amines) is 1. The summed E-state index contributed by atoms with van der Waals surface area (Å²) in [5.41, 5.74) is 0.00153. The number of benzene rings is 2. The number of halogens is 4. The molecule has 0 amide bonds. The SMILES string of the molecule is CC(C)(C)C1CCCCC1.CCOC(=O)C1CCN(Cc2c(OF)cc(C(F)(F)F)c3ccccc23)CC1. The topological polar surface area (TPSA) is 38.8 Å². The second-order valence-electron chi connectivity index (χ2n) is 11.5. The summed E-state index contributed by atoms with van der Waals surface area (Å²) in [6.45, 7) is 10.6. The van der Waals surface area contributed by atoms with Crippen molar-refractivity contribution in [2.24, 2.45) is 17.3 Å². The molecule has 38 heavy (non-hydrogen) atoms. The number of esters is 1.